The molecule has 3 N–H and O–H groups in total. The Balaban J connectivity index is 1.76. The second-order valence-corrected chi connectivity index (χ2v) is 10.5. The molecule has 0 aliphatic carbocycles. The molecule has 16 heteroatoms. The van der Waals surface area contributed by atoms with Crippen LogP contribution in [-0.2, 0) is 38.2 Å². The Kier molecular flexibility index (Phi) is 8.75. The maximum atomic E-state index is 13.1. The molecule has 1 fully saturated rings. The second kappa shape index (κ2) is 11.6. The molecule has 0 bridgehead atoms. The van der Waals surface area contributed by atoms with Crippen LogP contribution < -0.4 is 11.1 Å². The monoisotopic (exact) mass is 555 g/mol. The molecule has 1 saturated heterocycles. The summed E-state index contributed by atoms with van der Waals surface area (Å²) in [7, 11) is 1.27. The van der Waals surface area contributed by atoms with Crippen LogP contribution in [0.4, 0.5) is 4.79 Å². The van der Waals surface area contributed by atoms with E-state index in [2.05, 4.69) is 15.5 Å². The van der Waals surface area contributed by atoms with Gasteiger partial charge in [0, 0.05) is 16.7 Å². The van der Waals surface area contributed by atoms with Crippen LogP contribution in [0, 0.1) is 5.41 Å². The molecule has 3 amide bonds. The lowest BCUT2D eigenvalue weighted by atomic mass is 9.98. The molecule has 1 aromatic heterocycles. The summed E-state index contributed by atoms with van der Waals surface area (Å²) in [6.45, 7) is 3.84. The number of primary amides is 1. The van der Waals surface area contributed by atoms with Crippen LogP contribution in [0.3, 0.4) is 0 Å². The van der Waals surface area contributed by atoms with Gasteiger partial charge in [-0.15, -0.1) is 23.1 Å². The van der Waals surface area contributed by atoms with Crippen molar-refractivity contribution in [3.8, 4) is 0 Å². The molecule has 3 rings (SSSR count). The lowest BCUT2D eigenvalue weighted by Crippen LogP contribution is -2.71. The first kappa shape index (κ1) is 27.9. The highest BCUT2D eigenvalue weighted by Crippen LogP contribution is 2.40. The van der Waals surface area contributed by atoms with Gasteiger partial charge in [-0.05, 0) is 20.8 Å². The number of hydrogen-bond donors (Lipinski definition) is 2. The van der Waals surface area contributed by atoms with E-state index in [-0.39, 0.29) is 35.0 Å². The molecule has 2 aliphatic rings. The van der Waals surface area contributed by atoms with E-state index in [1.165, 1.54) is 35.7 Å². The van der Waals surface area contributed by atoms with Crippen molar-refractivity contribution in [2.24, 2.45) is 16.3 Å². The number of aromatic nitrogens is 1. The minimum absolute atomic E-state index is 0.123. The Morgan fingerprint density at radius 1 is 1.24 bits per heavy atom. The predicted octanol–water partition coefficient (Wildman–Crippen LogP) is 0.333. The number of oxime groups is 1. The molecule has 1 aromatic rings. The number of thiazole rings is 1. The molecule has 0 saturated carbocycles. The average molecular weight is 556 g/mol. The molecule has 37 heavy (non-hydrogen) atoms. The van der Waals surface area contributed by atoms with Gasteiger partial charge in [0.2, 0.25) is 6.79 Å². The van der Waals surface area contributed by atoms with Crippen LogP contribution in [0.25, 0.3) is 0 Å². The van der Waals surface area contributed by atoms with Crippen LogP contribution in [0.5, 0.6) is 0 Å². The number of ether oxygens (including phenoxy) is 3. The number of thioether (sulfide) groups is 1. The van der Waals surface area contributed by atoms with Crippen molar-refractivity contribution in [1.29, 1.82) is 0 Å². The summed E-state index contributed by atoms with van der Waals surface area (Å²) < 4.78 is 14.9. The van der Waals surface area contributed by atoms with E-state index in [4.69, 9.17) is 24.8 Å². The third-order valence-electron chi connectivity index (χ3n) is 4.98. The van der Waals surface area contributed by atoms with E-state index in [1.54, 1.807) is 26.2 Å². The van der Waals surface area contributed by atoms with Crippen LogP contribution >= 0.6 is 23.1 Å². The second-order valence-electron chi connectivity index (χ2n) is 8.65. The van der Waals surface area contributed by atoms with E-state index >= 15 is 0 Å². The quantitative estimate of drug-likeness (QED) is 0.140. The molecule has 14 nitrogen and oxygen atoms in total. The Morgan fingerprint density at radius 3 is 2.57 bits per heavy atom. The number of amides is 3. The van der Waals surface area contributed by atoms with Gasteiger partial charge in [0.05, 0.1) is 10.9 Å². The first-order chi connectivity index (χ1) is 17.5. The maximum Gasteiger partial charge on any atom is 0.404 e. The zero-order chi connectivity index (χ0) is 27.3. The normalized spacial score (nSPS) is 19.4. The highest BCUT2D eigenvalue weighted by atomic mass is 32.2. The zero-order valence-corrected chi connectivity index (χ0v) is 22.0. The number of hydrogen-bond acceptors (Lipinski definition) is 13. The van der Waals surface area contributed by atoms with E-state index in [1.807, 2.05) is 0 Å². The molecule has 200 valence electrons. The minimum atomic E-state index is -1.07. The zero-order valence-electron chi connectivity index (χ0n) is 20.3. The summed E-state index contributed by atoms with van der Waals surface area (Å²) in [5.41, 5.74) is 5.95. The number of carbonyl (C=O) groups is 5. The number of β-lactam (4-membered cyclic amide) rings is 1. The van der Waals surface area contributed by atoms with Crippen LogP contribution in [0.15, 0.2) is 27.3 Å². The van der Waals surface area contributed by atoms with Crippen molar-refractivity contribution in [2.75, 3.05) is 26.3 Å². The third-order valence-corrected chi connectivity index (χ3v) is 6.91. The highest BCUT2D eigenvalue weighted by molar-refractivity contribution is 8.00. The van der Waals surface area contributed by atoms with Crippen LogP contribution in [0.2, 0.25) is 0 Å². The van der Waals surface area contributed by atoms with Gasteiger partial charge in [0.1, 0.15) is 36.5 Å². The molecule has 2 atom stereocenters. The number of esters is 2. The van der Waals surface area contributed by atoms with Gasteiger partial charge < -0.3 is 30.1 Å². The first-order valence-electron chi connectivity index (χ1n) is 10.7. The molecular formula is C21H25N5O9S2. The van der Waals surface area contributed by atoms with E-state index in [0.29, 0.717) is 0 Å². The van der Waals surface area contributed by atoms with E-state index < -0.39 is 53.5 Å². The summed E-state index contributed by atoms with van der Waals surface area (Å²) in [5.74, 6) is -2.73. The Labute approximate surface area is 219 Å². The number of fused-ring (bicyclic) bond motifs is 1. The molecule has 1 unspecified atom stereocenters. The Hall–Kier alpha value is -3.66. The van der Waals surface area contributed by atoms with Gasteiger partial charge in [-0.1, -0.05) is 5.16 Å². The van der Waals surface area contributed by atoms with Crippen molar-refractivity contribution in [3.63, 3.8) is 0 Å². The SMILES string of the molecule is CO/N=C(\C(=O)NC1C(=O)N2C(C(=O)OCOC(=O)C(C)(C)C)=C(COC(N)=O)CS[C@@H]12)c1cscn1. The van der Waals surface area contributed by atoms with Gasteiger partial charge in [0.15, 0.2) is 5.71 Å². The number of nitrogens with two attached hydrogens (primary N) is 1. The molecule has 0 aromatic carbocycles. The standard InChI is InChI=1S/C21H25N5O9S2/c1-21(2,3)19(30)35-9-34-18(29)14-10(5-33-20(22)31)6-37-17-13(16(28)26(14)17)24-15(27)12(25-32-4)11-7-36-8-23-11/h7-8,13,17H,5-6,9H2,1-4H3,(H2,22,31)(H,24,27)/b25-12-/t13?,17-/m0/s1. The average Bonchev–Trinajstić information content (AvgIpc) is 3.37. The summed E-state index contributed by atoms with van der Waals surface area (Å²) in [6.07, 6.45) is -1.07. The lowest BCUT2D eigenvalue weighted by Gasteiger charge is -2.49. The Bertz CT molecular complexity index is 1140. The van der Waals surface area contributed by atoms with Crippen molar-refractivity contribution < 1.29 is 43.0 Å². The fraction of sp³-hybridized carbons (Fsp3) is 0.476. The summed E-state index contributed by atoms with van der Waals surface area (Å²) in [5, 5.41) is 7.21. The fourth-order valence-corrected chi connectivity index (χ4v) is 5.06. The van der Waals surface area contributed by atoms with Crippen LogP contribution in [-0.4, -0.2) is 83.1 Å². The topological polar surface area (TPSA) is 189 Å². The van der Waals surface area contributed by atoms with Crippen LogP contribution in [0.1, 0.15) is 26.5 Å². The van der Waals surface area contributed by atoms with Gasteiger partial charge in [-0.2, -0.15) is 0 Å². The number of carbonyl (C=O) groups excluding carboxylic acids is 5. The minimum Gasteiger partial charge on any atom is -0.445 e. The molecule has 2 aliphatic heterocycles. The number of nitrogens with zero attached hydrogens (tertiary/aromatic N) is 3. The van der Waals surface area contributed by atoms with E-state index in [0.717, 1.165) is 4.90 Å². The van der Waals surface area contributed by atoms with Crippen molar-refractivity contribution in [1.82, 2.24) is 15.2 Å². The maximum absolute atomic E-state index is 13.1. The van der Waals surface area contributed by atoms with Crippen molar-refractivity contribution in [2.45, 2.75) is 32.2 Å². The fourth-order valence-electron chi connectivity index (χ4n) is 3.20. The van der Waals surface area contributed by atoms with Gasteiger partial charge in [-0.3, -0.25) is 19.3 Å². The first-order valence-corrected chi connectivity index (χ1v) is 12.7. The molecule has 0 radical (unpaired) electrons. The van der Waals surface area contributed by atoms with E-state index in [9.17, 15) is 24.0 Å². The Morgan fingerprint density at radius 2 is 1.97 bits per heavy atom. The largest absolute Gasteiger partial charge is 0.445 e. The number of rotatable bonds is 9. The molecule has 0 spiro atoms. The van der Waals surface area contributed by atoms with Crippen molar-refractivity contribution in [3.05, 3.63) is 27.9 Å². The smallest absolute Gasteiger partial charge is 0.404 e. The van der Waals surface area contributed by atoms with Gasteiger partial charge in [0.25, 0.3) is 11.8 Å². The van der Waals surface area contributed by atoms with Crippen molar-refractivity contribution >= 4 is 58.7 Å². The summed E-state index contributed by atoms with van der Waals surface area (Å²) >= 11 is 2.47. The lowest BCUT2D eigenvalue weighted by molar-refractivity contribution is -0.173. The van der Waals surface area contributed by atoms with Gasteiger partial charge >= 0.3 is 18.0 Å². The van der Waals surface area contributed by atoms with Gasteiger partial charge in [-0.25, -0.2) is 14.6 Å². The summed E-state index contributed by atoms with van der Waals surface area (Å²) in [4.78, 5) is 71.8. The third kappa shape index (κ3) is 6.37. The highest BCUT2D eigenvalue weighted by Gasteiger charge is 2.55. The number of nitrogens with one attached hydrogen (secondary N) is 1. The summed E-state index contributed by atoms with van der Waals surface area (Å²) in [6, 6.07) is -1.00. The molecular weight excluding hydrogens is 530 g/mol. The molecule has 3 heterocycles. The predicted molar refractivity (Wildman–Crippen MR) is 130 cm³/mol.